The lowest BCUT2D eigenvalue weighted by molar-refractivity contribution is -0.153. The molecule has 5 nitrogen and oxygen atoms in total. The minimum absolute atomic E-state index is 0.0253. The van der Waals surface area contributed by atoms with Crippen LogP contribution in [0.5, 0.6) is 17.2 Å². The number of benzene rings is 2. The van der Waals surface area contributed by atoms with Crippen LogP contribution in [0.25, 0.3) is 0 Å². The molecule has 2 aromatic carbocycles. The first-order chi connectivity index (χ1) is 12.6. The van der Waals surface area contributed by atoms with Crippen LogP contribution in [0.15, 0.2) is 30.3 Å². The molecule has 10 heteroatoms. The number of halogens is 5. The number of anilines is 1. The van der Waals surface area contributed by atoms with Crippen LogP contribution < -0.4 is 19.5 Å². The summed E-state index contributed by atoms with van der Waals surface area (Å²) in [6.07, 6.45) is -4.53. The summed E-state index contributed by atoms with van der Waals surface area (Å²) in [5.74, 6) is -0.379. The minimum Gasteiger partial charge on any atom is -0.493 e. The number of alkyl halides is 3. The molecule has 0 saturated heterocycles. The third kappa shape index (κ3) is 5.58. The highest BCUT2D eigenvalue weighted by molar-refractivity contribution is 6.33. The third-order valence-corrected chi connectivity index (χ3v) is 3.79. The van der Waals surface area contributed by atoms with Gasteiger partial charge in [-0.1, -0.05) is 23.2 Å². The average Bonchev–Trinajstić information content (AvgIpc) is 2.59. The van der Waals surface area contributed by atoms with Crippen molar-refractivity contribution in [3.8, 4) is 17.2 Å². The molecule has 0 aliphatic heterocycles. The molecular weight excluding hydrogens is 410 g/mol. The van der Waals surface area contributed by atoms with Gasteiger partial charge in [-0.15, -0.1) is 0 Å². The number of amides is 1. The van der Waals surface area contributed by atoms with Crippen molar-refractivity contribution >= 4 is 34.8 Å². The molecule has 146 valence electrons. The van der Waals surface area contributed by atoms with Gasteiger partial charge in [0.05, 0.1) is 24.9 Å². The minimum atomic E-state index is -4.53. The second-order valence-corrected chi connectivity index (χ2v) is 6.04. The maximum absolute atomic E-state index is 12.5. The summed E-state index contributed by atoms with van der Waals surface area (Å²) in [6, 6.07) is 6.55. The number of ether oxygens (including phenoxy) is 3. The van der Waals surface area contributed by atoms with E-state index in [1.54, 1.807) is 0 Å². The Morgan fingerprint density at radius 2 is 1.78 bits per heavy atom. The lowest BCUT2D eigenvalue weighted by Gasteiger charge is -2.15. The molecule has 2 aromatic rings. The van der Waals surface area contributed by atoms with E-state index in [0.29, 0.717) is 0 Å². The van der Waals surface area contributed by atoms with Crippen molar-refractivity contribution in [2.24, 2.45) is 0 Å². The Balaban J connectivity index is 2.30. The number of carbonyl (C=O) groups excluding carboxylic acids is 1. The van der Waals surface area contributed by atoms with Gasteiger partial charge in [-0.3, -0.25) is 4.79 Å². The van der Waals surface area contributed by atoms with Crippen LogP contribution in [0.1, 0.15) is 10.4 Å². The van der Waals surface area contributed by atoms with E-state index in [2.05, 4.69) is 5.32 Å². The van der Waals surface area contributed by atoms with E-state index in [4.69, 9.17) is 37.4 Å². The monoisotopic (exact) mass is 423 g/mol. The predicted molar refractivity (Wildman–Crippen MR) is 95.5 cm³/mol. The van der Waals surface area contributed by atoms with Gasteiger partial charge in [0, 0.05) is 10.6 Å². The molecule has 0 aliphatic rings. The normalized spacial score (nSPS) is 11.1. The summed E-state index contributed by atoms with van der Waals surface area (Å²) in [5.41, 5.74) is 0.0713. The molecule has 0 aliphatic carbocycles. The molecule has 2 rings (SSSR count). The molecule has 0 bridgehead atoms. The average molecular weight is 424 g/mol. The van der Waals surface area contributed by atoms with Gasteiger partial charge < -0.3 is 19.5 Å². The van der Waals surface area contributed by atoms with E-state index in [9.17, 15) is 18.0 Å². The maximum atomic E-state index is 12.5. The van der Waals surface area contributed by atoms with Crippen LogP contribution in [-0.2, 0) is 0 Å². The van der Waals surface area contributed by atoms with Gasteiger partial charge >= 0.3 is 6.18 Å². The molecule has 1 amide bonds. The molecule has 0 aromatic heterocycles. The van der Waals surface area contributed by atoms with Crippen LogP contribution in [0.2, 0.25) is 10.0 Å². The number of methoxy groups -OCH3 is 2. The van der Waals surface area contributed by atoms with Gasteiger partial charge in [-0.2, -0.15) is 13.2 Å². The van der Waals surface area contributed by atoms with Crippen molar-refractivity contribution in [1.29, 1.82) is 0 Å². The summed E-state index contributed by atoms with van der Waals surface area (Å²) in [7, 11) is 2.76. The number of rotatable bonds is 6. The fourth-order valence-electron chi connectivity index (χ4n) is 2.13. The van der Waals surface area contributed by atoms with E-state index < -0.39 is 18.7 Å². The van der Waals surface area contributed by atoms with Gasteiger partial charge in [-0.05, 0) is 30.3 Å². The largest absolute Gasteiger partial charge is 0.493 e. The van der Waals surface area contributed by atoms with Crippen molar-refractivity contribution in [2.45, 2.75) is 6.18 Å². The van der Waals surface area contributed by atoms with E-state index in [0.717, 1.165) is 0 Å². The molecular formula is C17H14Cl2F3NO4. The molecule has 0 fully saturated rings. The number of nitrogens with one attached hydrogen (secondary N) is 1. The van der Waals surface area contributed by atoms with Crippen molar-refractivity contribution in [3.63, 3.8) is 0 Å². The Morgan fingerprint density at radius 3 is 2.37 bits per heavy atom. The first-order valence-electron chi connectivity index (χ1n) is 7.36. The number of carbonyl (C=O) groups is 1. The second kappa shape index (κ2) is 8.58. The molecule has 0 spiro atoms. The van der Waals surface area contributed by atoms with E-state index in [-0.39, 0.29) is 38.5 Å². The summed E-state index contributed by atoms with van der Waals surface area (Å²) < 4.78 is 52.1. The van der Waals surface area contributed by atoms with E-state index in [1.807, 2.05) is 0 Å². The summed E-state index contributed by atoms with van der Waals surface area (Å²) in [4.78, 5) is 12.5. The van der Waals surface area contributed by atoms with E-state index >= 15 is 0 Å². The lowest BCUT2D eigenvalue weighted by Crippen LogP contribution is -2.20. The Morgan fingerprint density at radius 1 is 1.07 bits per heavy atom. The molecule has 0 unspecified atom stereocenters. The SMILES string of the molecule is COc1cc(C(=O)Nc2cc(Cl)ccc2OCC(F)(F)F)cc(Cl)c1OC. The number of hydrogen-bond donors (Lipinski definition) is 1. The van der Waals surface area contributed by atoms with Crippen molar-refractivity contribution in [2.75, 3.05) is 26.1 Å². The van der Waals surface area contributed by atoms with Crippen LogP contribution >= 0.6 is 23.2 Å². The van der Waals surface area contributed by atoms with Crippen LogP contribution in [0.4, 0.5) is 18.9 Å². The zero-order valence-corrected chi connectivity index (χ0v) is 15.6. The van der Waals surface area contributed by atoms with Crippen molar-refractivity contribution < 1.29 is 32.2 Å². The first kappa shape index (κ1) is 21.0. The van der Waals surface area contributed by atoms with Gasteiger partial charge in [0.15, 0.2) is 18.1 Å². The van der Waals surface area contributed by atoms with Crippen molar-refractivity contribution in [1.82, 2.24) is 0 Å². The zero-order chi connectivity index (χ0) is 20.2. The van der Waals surface area contributed by atoms with Crippen LogP contribution in [0, 0.1) is 0 Å². The smallest absolute Gasteiger partial charge is 0.422 e. The molecule has 0 heterocycles. The van der Waals surface area contributed by atoms with Crippen molar-refractivity contribution in [3.05, 3.63) is 45.9 Å². The van der Waals surface area contributed by atoms with Gasteiger partial charge in [-0.25, -0.2) is 0 Å². The Labute approximate surface area is 162 Å². The van der Waals surface area contributed by atoms with Gasteiger partial charge in [0.2, 0.25) is 0 Å². The summed E-state index contributed by atoms with van der Waals surface area (Å²) in [6.45, 7) is -1.51. The number of hydrogen-bond acceptors (Lipinski definition) is 4. The van der Waals surface area contributed by atoms with Crippen LogP contribution in [0.3, 0.4) is 0 Å². The molecule has 0 radical (unpaired) electrons. The summed E-state index contributed by atoms with van der Waals surface area (Å²) >= 11 is 11.9. The Hall–Kier alpha value is -2.32. The topological polar surface area (TPSA) is 56.8 Å². The highest BCUT2D eigenvalue weighted by Crippen LogP contribution is 2.37. The predicted octanol–water partition coefficient (Wildman–Crippen LogP) is 5.20. The maximum Gasteiger partial charge on any atom is 0.422 e. The molecule has 0 atom stereocenters. The quantitative estimate of drug-likeness (QED) is 0.693. The fourth-order valence-corrected chi connectivity index (χ4v) is 2.59. The first-order valence-corrected chi connectivity index (χ1v) is 8.12. The zero-order valence-electron chi connectivity index (χ0n) is 14.1. The van der Waals surface area contributed by atoms with Gasteiger partial charge in [0.25, 0.3) is 5.91 Å². The van der Waals surface area contributed by atoms with Gasteiger partial charge in [0.1, 0.15) is 5.75 Å². The second-order valence-electron chi connectivity index (χ2n) is 5.19. The Bertz CT molecular complexity index is 844. The highest BCUT2D eigenvalue weighted by atomic mass is 35.5. The lowest BCUT2D eigenvalue weighted by atomic mass is 10.1. The molecule has 1 N–H and O–H groups in total. The fraction of sp³-hybridized carbons (Fsp3) is 0.235. The third-order valence-electron chi connectivity index (χ3n) is 3.28. The molecule has 27 heavy (non-hydrogen) atoms. The Kier molecular flexibility index (Phi) is 6.67. The van der Waals surface area contributed by atoms with E-state index in [1.165, 1.54) is 44.6 Å². The molecule has 0 saturated carbocycles. The summed E-state index contributed by atoms with van der Waals surface area (Å²) in [5, 5.41) is 2.78. The van der Waals surface area contributed by atoms with Crippen LogP contribution in [-0.4, -0.2) is 32.9 Å². The standard InChI is InChI=1S/C17H14Cl2F3NO4/c1-25-14-6-9(5-11(19)15(14)26-2)16(24)23-12-7-10(18)3-4-13(12)27-8-17(20,21)22/h3-7H,8H2,1-2H3,(H,23,24). The highest BCUT2D eigenvalue weighted by Gasteiger charge is 2.29.